The van der Waals surface area contributed by atoms with E-state index in [1.54, 1.807) is 6.07 Å². The predicted molar refractivity (Wildman–Crippen MR) is 60.0 cm³/mol. The Kier molecular flexibility index (Phi) is 2.13. The Labute approximate surface area is 92.7 Å². The van der Waals surface area contributed by atoms with Crippen molar-refractivity contribution in [3.8, 4) is 0 Å². The molecular weight excluding hydrogens is 205 g/mol. The lowest BCUT2D eigenvalue weighted by atomic mass is 10.1. The largest absolute Gasteiger partial charge is 0.368 e. The van der Waals surface area contributed by atoms with Gasteiger partial charge < -0.3 is 5.32 Å². The number of rotatable bonds is 2. The highest BCUT2D eigenvalue weighted by atomic mass is 19.1. The molecule has 0 atom stereocenters. The summed E-state index contributed by atoms with van der Waals surface area (Å²) in [6, 6.07) is 6.86. The molecule has 0 aliphatic carbocycles. The summed E-state index contributed by atoms with van der Waals surface area (Å²) >= 11 is 0. The van der Waals surface area contributed by atoms with E-state index in [-0.39, 0.29) is 5.82 Å². The number of aromatic nitrogens is 2. The average molecular weight is 217 g/mol. The van der Waals surface area contributed by atoms with E-state index < -0.39 is 0 Å². The topological polar surface area (TPSA) is 40.7 Å². The van der Waals surface area contributed by atoms with Gasteiger partial charge in [-0.05, 0) is 18.1 Å². The van der Waals surface area contributed by atoms with Gasteiger partial charge in [0.1, 0.15) is 5.82 Å². The molecule has 82 valence electrons. The first-order valence-corrected chi connectivity index (χ1v) is 5.38. The summed E-state index contributed by atoms with van der Waals surface area (Å²) < 4.78 is 13.5. The molecule has 0 amide bonds. The van der Waals surface area contributed by atoms with Gasteiger partial charge in [0.05, 0.1) is 0 Å². The van der Waals surface area contributed by atoms with Gasteiger partial charge in [-0.15, -0.1) is 0 Å². The van der Waals surface area contributed by atoms with Crippen LogP contribution in [0.15, 0.2) is 24.3 Å². The number of nitrogens with one attached hydrogen (secondary N) is 2. The molecule has 16 heavy (non-hydrogen) atoms. The van der Waals surface area contributed by atoms with Crippen LogP contribution >= 0.6 is 0 Å². The maximum atomic E-state index is 13.5. The number of fused-ring (bicyclic) bond motifs is 1. The second kappa shape index (κ2) is 3.63. The van der Waals surface area contributed by atoms with Crippen molar-refractivity contribution < 1.29 is 4.39 Å². The quantitative estimate of drug-likeness (QED) is 0.808. The van der Waals surface area contributed by atoms with E-state index in [0.717, 1.165) is 24.5 Å². The first-order chi connectivity index (χ1) is 7.84. The van der Waals surface area contributed by atoms with Crippen LogP contribution < -0.4 is 5.32 Å². The number of anilines is 1. The lowest BCUT2D eigenvalue weighted by Crippen LogP contribution is -1.98. The first-order valence-electron chi connectivity index (χ1n) is 5.38. The number of halogens is 1. The minimum absolute atomic E-state index is 0.156. The van der Waals surface area contributed by atoms with Gasteiger partial charge in [0.2, 0.25) is 0 Å². The van der Waals surface area contributed by atoms with Gasteiger partial charge in [-0.1, -0.05) is 18.2 Å². The number of nitrogens with zero attached hydrogens (tertiary/aromatic N) is 1. The molecule has 2 heterocycles. The van der Waals surface area contributed by atoms with E-state index in [0.29, 0.717) is 12.0 Å². The van der Waals surface area contributed by atoms with Crippen LogP contribution in [0.1, 0.15) is 16.8 Å². The van der Waals surface area contributed by atoms with E-state index in [2.05, 4.69) is 15.5 Å². The van der Waals surface area contributed by atoms with Crippen LogP contribution in [0, 0.1) is 5.82 Å². The van der Waals surface area contributed by atoms with E-state index in [9.17, 15) is 4.39 Å². The molecule has 0 saturated carbocycles. The highest BCUT2D eigenvalue weighted by Crippen LogP contribution is 2.24. The Morgan fingerprint density at radius 2 is 2.19 bits per heavy atom. The van der Waals surface area contributed by atoms with Gasteiger partial charge in [0.25, 0.3) is 0 Å². The number of hydrogen-bond donors (Lipinski definition) is 2. The number of hydrogen-bond acceptors (Lipinski definition) is 2. The van der Waals surface area contributed by atoms with Crippen LogP contribution in [0.3, 0.4) is 0 Å². The molecular formula is C12H12FN3. The minimum atomic E-state index is -0.156. The zero-order chi connectivity index (χ0) is 11.0. The Morgan fingerprint density at radius 1 is 1.31 bits per heavy atom. The van der Waals surface area contributed by atoms with Gasteiger partial charge in [-0.25, -0.2) is 4.39 Å². The van der Waals surface area contributed by atoms with Crippen LogP contribution in [0.5, 0.6) is 0 Å². The summed E-state index contributed by atoms with van der Waals surface area (Å²) in [6.45, 7) is 0.927. The molecule has 0 bridgehead atoms. The van der Waals surface area contributed by atoms with Crippen LogP contribution in [0.4, 0.5) is 10.2 Å². The Hall–Kier alpha value is -1.84. The van der Waals surface area contributed by atoms with Gasteiger partial charge in [0.15, 0.2) is 5.82 Å². The number of H-pyrrole nitrogens is 1. The van der Waals surface area contributed by atoms with E-state index in [1.165, 1.54) is 11.6 Å². The molecule has 0 fully saturated rings. The second-order valence-electron chi connectivity index (χ2n) is 3.97. The maximum Gasteiger partial charge on any atom is 0.151 e. The third-order valence-electron chi connectivity index (χ3n) is 2.95. The minimum Gasteiger partial charge on any atom is -0.368 e. The normalized spacial score (nSPS) is 13.6. The maximum absolute atomic E-state index is 13.5. The summed E-state index contributed by atoms with van der Waals surface area (Å²) in [5.41, 5.74) is 2.93. The summed E-state index contributed by atoms with van der Waals surface area (Å²) in [5.74, 6) is 0.767. The molecule has 0 spiro atoms. The van der Waals surface area contributed by atoms with Crippen molar-refractivity contribution >= 4 is 5.82 Å². The van der Waals surface area contributed by atoms with Gasteiger partial charge in [0, 0.05) is 24.2 Å². The molecule has 3 rings (SSSR count). The Balaban J connectivity index is 1.92. The van der Waals surface area contributed by atoms with Crippen molar-refractivity contribution in [2.75, 3.05) is 11.9 Å². The van der Waals surface area contributed by atoms with Crippen molar-refractivity contribution in [3.05, 3.63) is 46.9 Å². The van der Waals surface area contributed by atoms with Crippen LogP contribution in [-0.4, -0.2) is 16.7 Å². The Bertz CT molecular complexity index is 519. The van der Waals surface area contributed by atoms with Crippen LogP contribution in [0.2, 0.25) is 0 Å². The third kappa shape index (κ3) is 1.46. The molecule has 0 saturated heterocycles. The molecule has 1 aromatic heterocycles. The summed E-state index contributed by atoms with van der Waals surface area (Å²) in [6.07, 6.45) is 1.55. The summed E-state index contributed by atoms with van der Waals surface area (Å²) in [7, 11) is 0. The van der Waals surface area contributed by atoms with E-state index in [1.807, 2.05) is 12.1 Å². The molecule has 1 aromatic carbocycles. The molecule has 2 N–H and O–H groups in total. The predicted octanol–water partition coefficient (Wildman–Crippen LogP) is 2.11. The molecule has 4 heteroatoms. The highest BCUT2D eigenvalue weighted by molar-refractivity contribution is 5.52. The lowest BCUT2D eigenvalue weighted by Gasteiger charge is -2.02. The van der Waals surface area contributed by atoms with E-state index in [4.69, 9.17) is 0 Å². The molecule has 1 aliphatic rings. The fourth-order valence-electron chi connectivity index (χ4n) is 2.10. The third-order valence-corrected chi connectivity index (χ3v) is 2.95. The Morgan fingerprint density at radius 3 is 3.06 bits per heavy atom. The molecule has 0 radical (unpaired) electrons. The zero-order valence-electron chi connectivity index (χ0n) is 8.76. The molecule has 3 nitrogen and oxygen atoms in total. The van der Waals surface area contributed by atoms with Crippen molar-refractivity contribution in [2.45, 2.75) is 12.8 Å². The van der Waals surface area contributed by atoms with Crippen molar-refractivity contribution in [3.63, 3.8) is 0 Å². The number of aromatic amines is 1. The molecule has 1 aliphatic heterocycles. The fraction of sp³-hybridized carbons (Fsp3) is 0.250. The van der Waals surface area contributed by atoms with Crippen LogP contribution in [0.25, 0.3) is 0 Å². The smallest absolute Gasteiger partial charge is 0.151 e. The monoisotopic (exact) mass is 217 g/mol. The average Bonchev–Trinajstić information content (AvgIpc) is 2.86. The fourth-order valence-corrected chi connectivity index (χ4v) is 2.10. The van der Waals surface area contributed by atoms with Crippen molar-refractivity contribution in [1.82, 2.24) is 10.2 Å². The van der Waals surface area contributed by atoms with Crippen LogP contribution in [-0.2, 0) is 12.8 Å². The highest BCUT2D eigenvalue weighted by Gasteiger charge is 2.18. The second-order valence-corrected chi connectivity index (χ2v) is 3.97. The summed E-state index contributed by atoms with van der Waals surface area (Å²) in [5, 5.41) is 10.3. The van der Waals surface area contributed by atoms with Gasteiger partial charge >= 0.3 is 0 Å². The first kappa shape index (κ1) is 9.39. The van der Waals surface area contributed by atoms with E-state index >= 15 is 0 Å². The standard InChI is InChI=1S/C12H12FN3/c13-10-4-2-1-3-8(10)7-11-9-5-6-14-12(9)16-15-11/h1-4H,5-7H2,(H2,14,15,16). The van der Waals surface area contributed by atoms with Gasteiger partial charge in [-0.3, -0.25) is 5.10 Å². The number of benzene rings is 1. The van der Waals surface area contributed by atoms with Gasteiger partial charge in [-0.2, -0.15) is 5.10 Å². The lowest BCUT2D eigenvalue weighted by molar-refractivity contribution is 0.613. The molecule has 2 aromatic rings. The zero-order valence-corrected chi connectivity index (χ0v) is 8.76. The SMILES string of the molecule is Fc1ccccc1Cc1[nH]nc2c1CCN2. The summed E-state index contributed by atoms with van der Waals surface area (Å²) in [4.78, 5) is 0. The molecule has 0 unspecified atom stereocenters. The van der Waals surface area contributed by atoms with Crippen molar-refractivity contribution in [2.24, 2.45) is 0 Å². The van der Waals surface area contributed by atoms with Crippen molar-refractivity contribution in [1.29, 1.82) is 0 Å².